The van der Waals surface area contributed by atoms with E-state index in [9.17, 15) is 9.59 Å². The number of benzene rings is 1. The maximum atomic E-state index is 12.4. The van der Waals surface area contributed by atoms with Crippen LogP contribution in [0.2, 0.25) is 0 Å². The Balaban J connectivity index is 1.69. The lowest BCUT2D eigenvalue weighted by atomic mass is 9.82. The van der Waals surface area contributed by atoms with Crippen molar-refractivity contribution in [1.29, 1.82) is 0 Å². The first-order valence-corrected chi connectivity index (χ1v) is 7.73. The number of anilines is 1. The fourth-order valence-corrected chi connectivity index (χ4v) is 3.42. The third kappa shape index (κ3) is 2.86. The first-order valence-electron chi connectivity index (χ1n) is 7.73. The molecule has 1 amide bonds. The number of hydrogen-bond acceptors (Lipinski definition) is 3. The minimum atomic E-state index is 0.0934. The van der Waals surface area contributed by atoms with E-state index in [4.69, 9.17) is 5.73 Å². The Morgan fingerprint density at radius 3 is 2.71 bits per heavy atom. The first-order chi connectivity index (χ1) is 10.0. The summed E-state index contributed by atoms with van der Waals surface area (Å²) in [5.74, 6) is 0.756. The largest absolute Gasteiger partial charge is 0.328 e. The van der Waals surface area contributed by atoms with E-state index in [1.54, 1.807) is 11.9 Å². The molecule has 1 saturated carbocycles. The molecule has 1 heterocycles. The lowest BCUT2D eigenvalue weighted by Crippen LogP contribution is -2.27. The lowest BCUT2D eigenvalue weighted by molar-refractivity contribution is -0.117. The van der Waals surface area contributed by atoms with Gasteiger partial charge < -0.3 is 10.6 Å². The quantitative estimate of drug-likeness (QED) is 0.867. The van der Waals surface area contributed by atoms with Gasteiger partial charge in [-0.15, -0.1) is 0 Å². The molecule has 0 radical (unpaired) electrons. The summed E-state index contributed by atoms with van der Waals surface area (Å²) in [6.07, 6.45) is 5.18. The van der Waals surface area contributed by atoms with E-state index in [1.165, 1.54) is 0 Å². The summed E-state index contributed by atoms with van der Waals surface area (Å²) in [6, 6.07) is 5.96. The molecule has 4 nitrogen and oxygen atoms in total. The zero-order valence-electron chi connectivity index (χ0n) is 12.5. The fraction of sp³-hybridized carbons (Fsp3) is 0.529. The average molecular weight is 286 g/mol. The Hall–Kier alpha value is -1.68. The number of carbonyl (C=O) groups excluding carboxylic acids is 2. The van der Waals surface area contributed by atoms with Gasteiger partial charge in [0.05, 0.1) is 6.42 Å². The molecule has 21 heavy (non-hydrogen) atoms. The molecule has 0 unspecified atom stereocenters. The normalized spacial score (nSPS) is 25.0. The van der Waals surface area contributed by atoms with Crippen molar-refractivity contribution < 1.29 is 9.59 Å². The van der Waals surface area contributed by atoms with Crippen LogP contribution >= 0.6 is 0 Å². The fourth-order valence-electron chi connectivity index (χ4n) is 3.42. The molecule has 2 aliphatic rings. The summed E-state index contributed by atoms with van der Waals surface area (Å²) >= 11 is 0. The molecule has 0 bridgehead atoms. The van der Waals surface area contributed by atoms with Crippen molar-refractivity contribution in [2.45, 2.75) is 44.6 Å². The van der Waals surface area contributed by atoms with E-state index < -0.39 is 0 Å². The van der Waals surface area contributed by atoms with Crippen LogP contribution in [-0.4, -0.2) is 24.8 Å². The highest BCUT2D eigenvalue weighted by Crippen LogP contribution is 2.31. The minimum absolute atomic E-state index is 0.0934. The van der Waals surface area contributed by atoms with Gasteiger partial charge in [0.15, 0.2) is 5.78 Å². The number of ketones is 1. The van der Waals surface area contributed by atoms with Gasteiger partial charge in [0.25, 0.3) is 0 Å². The lowest BCUT2D eigenvalue weighted by Gasteiger charge is -2.25. The van der Waals surface area contributed by atoms with Gasteiger partial charge in [-0.2, -0.15) is 0 Å². The van der Waals surface area contributed by atoms with E-state index in [2.05, 4.69) is 0 Å². The predicted molar refractivity (Wildman–Crippen MR) is 82.4 cm³/mol. The molecular weight excluding hydrogens is 264 g/mol. The van der Waals surface area contributed by atoms with Gasteiger partial charge >= 0.3 is 0 Å². The van der Waals surface area contributed by atoms with Gasteiger partial charge in [0.2, 0.25) is 5.91 Å². The molecule has 2 N–H and O–H groups in total. The van der Waals surface area contributed by atoms with Gasteiger partial charge in [-0.25, -0.2) is 0 Å². The molecule has 1 aliphatic heterocycles. The maximum absolute atomic E-state index is 12.4. The van der Waals surface area contributed by atoms with E-state index in [0.29, 0.717) is 24.8 Å². The monoisotopic (exact) mass is 286 g/mol. The molecule has 1 fully saturated rings. The van der Waals surface area contributed by atoms with Crippen molar-refractivity contribution in [2.75, 3.05) is 11.9 Å². The van der Waals surface area contributed by atoms with Crippen molar-refractivity contribution in [1.82, 2.24) is 0 Å². The van der Waals surface area contributed by atoms with E-state index >= 15 is 0 Å². The van der Waals surface area contributed by atoms with E-state index in [-0.39, 0.29) is 11.7 Å². The maximum Gasteiger partial charge on any atom is 0.231 e. The molecule has 1 aliphatic carbocycles. The van der Waals surface area contributed by atoms with Crippen LogP contribution in [-0.2, 0) is 11.2 Å². The zero-order valence-corrected chi connectivity index (χ0v) is 12.5. The molecule has 0 spiro atoms. The second kappa shape index (κ2) is 5.60. The summed E-state index contributed by atoms with van der Waals surface area (Å²) < 4.78 is 0. The Bertz CT molecular complexity index is 574. The average Bonchev–Trinajstić information content (AvgIpc) is 2.76. The first kappa shape index (κ1) is 14.3. The molecular formula is C17H22N2O2. The van der Waals surface area contributed by atoms with Crippen molar-refractivity contribution in [2.24, 2.45) is 11.7 Å². The number of nitrogens with zero attached hydrogens (tertiary/aromatic N) is 1. The number of Topliss-reactive ketones (excluding diaryl/α,β-unsaturated/α-hetero) is 1. The summed E-state index contributed by atoms with van der Waals surface area (Å²) in [4.78, 5) is 25.8. The van der Waals surface area contributed by atoms with Gasteiger partial charge in [0, 0.05) is 30.8 Å². The SMILES string of the molecule is CN1C(=O)Cc2cc(C(=O)CC3CCC(N)CC3)ccc21. The van der Waals surface area contributed by atoms with E-state index in [0.717, 1.165) is 42.5 Å². The van der Waals surface area contributed by atoms with Gasteiger partial charge in [-0.3, -0.25) is 9.59 Å². The van der Waals surface area contributed by atoms with Crippen molar-refractivity contribution in [3.8, 4) is 0 Å². The Morgan fingerprint density at radius 1 is 1.29 bits per heavy atom. The van der Waals surface area contributed by atoms with Crippen LogP contribution in [0.5, 0.6) is 0 Å². The highest BCUT2D eigenvalue weighted by atomic mass is 16.2. The summed E-state index contributed by atoms with van der Waals surface area (Å²) in [7, 11) is 1.78. The minimum Gasteiger partial charge on any atom is -0.328 e. The summed E-state index contributed by atoms with van der Waals surface area (Å²) in [6.45, 7) is 0. The Kier molecular flexibility index (Phi) is 3.81. The molecule has 4 heteroatoms. The predicted octanol–water partition coefficient (Wildman–Crippen LogP) is 2.30. The number of likely N-dealkylation sites (N-methyl/N-ethyl adjacent to an activating group) is 1. The Morgan fingerprint density at radius 2 is 2.00 bits per heavy atom. The molecule has 0 atom stereocenters. The molecule has 1 aromatic carbocycles. The Labute approximate surface area is 125 Å². The zero-order chi connectivity index (χ0) is 15.0. The van der Waals surface area contributed by atoms with Crippen LogP contribution in [0.3, 0.4) is 0 Å². The second-order valence-corrected chi connectivity index (χ2v) is 6.38. The second-order valence-electron chi connectivity index (χ2n) is 6.38. The third-order valence-corrected chi connectivity index (χ3v) is 4.84. The standard InChI is InChI=1S/C17H22N2O2/c1-19-15-7-4-12(9-13(15)10-17(19)21)16(20)8-11-2-5-14(18)6-3-11/h4,7,9,11,14H,2-3,5-6,8,10,18H2,1H3. The number of nitrogens with two attached hydrogens (primary N) is 1. The molecule has 0 aromatic heterocycles. The van der Waals surface area contributed by atoms with Crippen molar-refractivity contribution in [3.63, 3.8) is 0 Å². The van der Waals surface area contributed by atoms with E-state index in [1.807, 2.05) is 18.2 Å². The van der Waals surface area contributed by atoms with Crippen LogP contribution in [0.15, 0.2) is 18.2 Å². The van der Waals surface area contributed by atoms with Gasteiger partial charge in [0.1, 0.15) is 0 Å². The number of rotatable bonds is 3. The number of hydrogen-bond donors (Lipinski definition) is 1. The summed E-state index contributed by atoms with van der Waals surface area (Å²) in [5.41, 5.74) is 8.55. The molecule has 0 saturated heterocycles. The number of carbonyl (C=O) groups is 2. The number of fused-ring (bicyclic) bond motifs is 1. The van der Waals surface area contributed by atoms with Crippen LogP contribution in [0.1, 0.15) is 48.0 Å². The topological polar surface area (TPSA) is 63.4 Å². The molecule has 1 aromatic rings. The summed E-state index contributed by atoms with van der Waals surface area (Å²) in [5, 5.41) is 0. The smallest absolute Gasteiger partial charge is 0.231 e. The van der Waals surface area contributed by atoms with Crippen LogP contribution in [0.25, 0.3) is 0 Å². The third-order valence-electron chi connectivity index (χ3n) is 4.84. The van der Waals surface area contributed by atoms with Crippen LogP contribution in [0, 0.1) is 5.92 Å². The van der Waals surface area contributed by atoms with Crippen LogP contribution < -0.4 is 10.6 Å². The highest BCUT2D eigenvalue weighted by molar-refractivity contribution is 6.03. The van der Waals surface area contributed by atoms with Crippen molar-refractivity contribution in [3.05, 3.63) is 29.3 Å². The molecule has 3 rings (SSSR count). The number of amides is 1. The van der Waals surface area contributed by atoms with Gasteiger partial charge in [-0.1, -0.05) is 0 Å². The van der Waals surface area contributed by atoms with Gasteiger partial charge in [-0.05, 0) is 55.4 Å². The molecule has 112 valence electrons. The highest BCUT2D eigenvalue weighted by Gasteiger charge is 2.26. The van der Waals surface area contributed by atoms with Crippen molar-refractivity contribution >= 4 is 17.4 Å². The van der Waals surface area contributed by atoms with Crippen LogP contribution in [0.4, 0.5) is 5.69 Å².